The van der Waals surface area contributed by atoms with E-state index in [-0.39, 0.29) is 22.5 Å². The Labute approximate surface area is 167 Å². The molecule has 2 unspecified atom stereocenters. The van der Waals surface area contributed by atoms with E-state index in [1.54, 1.807) is 13.8 Å². The fourth-order valence-electron chi connectivity index (χ4n) is 3.53. The average Bonchev–Trinajstić information content (AvgIpc) is 2.66. The van der Waals surface area contributed by atoms with Crippen LogP contribution < -0.4 is 9.47 Å². The molecule has 1 aromatic rings. The minimum absolute atomic E-state index is 0.0681. The van der Waals surface area contributed by atoms with Gasteiger partial charge in [-0.15, -0.1) is 0 Å². The van der Waals surface area contributed by atoms with Gasteiger partial charge in [0.15, 0.2) is 17.1 Å². The molecule has 2 atom stereocenters. The third kappa shape index (κ3) is 4.35. The van der Waals surface area contributed by atoms with Crippen molar-refractivity contribution in [1.82, 2.24) is 4.90 Å². The molecule has 29 heavy (non-hydrogen) atoms. The van der Waals surface area contributed by atoms with Gasteiger partial charge in [0.05, 0.1) is 20.3 Å². The van der Waals surface area contributed by atoms with Gasteiger partial charge < -0.3 is 24.6 Å². The van der Waals surface area contributed by atoms with Crippen LogP contribution in [-0.2, 0) is 4.79 Å². The van der Waals surface area contributed by atoms with Gasteiger partial charge in [-0.2, -0.15) is 13.2 Å². The second-order valence-corrected chi connectivity index (χ2v) is 6.87. The number of likely N-dealkylation sites (N-methyl/N-ethyl adjacent to an activating group) is 1. The molecule has 1 aliphatic carbocycles. The summed E-state index contributed by atoms with van der Waals surface area (Å²) < 4.78 is 51.0. The number of hydrogen-bond donors (Lipinski definition) is 2. The standard InChI is InChI=1S/C20H26F3NO5/c1-5-24(6-2)18(26)17-13(10-19(27,11-14(17)25)20(21,22)23)12-7-8-15(28-3)16(9-12)29-4/h7-9,14,25,27H,5-6,10-11H2,1-4H3. The number of carbonyl (C=O) groups excluding carboxylic acids is 1. The van der Waals surface area contributed by atoms with Crippen molar-refractivity contribution in [3.05, 3.63) is 29.3 Å². The number of halogens is 3. The maximum absolute atomic E-state index is 13.5. The predicted octanol–water partition coefficient (Wildman–Crippen LogP) is 2.77. The van der Waals surface area contributed by atoms with Crippen molar-refractivity contribution in [2.45, 2.75) is 44.6 Å². The van der Waals surface area contributed by atoms with Crippen LogP contribution in [0.15, 0.2) is 23.8 Å². The van der Waals surface area contributed by atoms with Gasteiger partial charge in [-0.05, 0) is 37.1 Å². The van der Waals surface area contributed by atoms with Crippen LogP contribution in [0.4, 0.5) is 13.2 Å². The fourth-order valence-corrected chi connectivity index (χ4v) is 3.53. The van der Waals surface area contributed by atoms with Crippen LogP contribution in [0.1, 0.15) is 32.3 Å². The van der Waals surface area contributed by atoms with Gasteiger partial charge in [-0.25, -0.2) is 0 Å². The maximum atomic E-state index is 13.5. The van der Waals surface area contributed by atoms with E-state index >= 15 is 0 Å². The zero-order chi connectivity index (χ0) is 22.0. The second-order valence-electron chi connectivity index (χ2n) is 6.87. The molecule has 0 saturated heterocycles. The zero-order valence-electron chi connectivity index (χ0n) is 16.8. The summed E-state index contributed by atoms with van der Waals surface area (Å²) in [6.45, 7) is 4.13. The number of methoxy groups -OCH3 is 2. The smallest absolute Gasteiger partial charge is 0.417 e. The third-order valence-electron chi connectivity index (χ3n) is 5.20. The van der Waals surface area contributed by atoms with E-state index in [4.69, 9.17) is 9.47 Å². The highest BCUT2D eigenvalue weighted by Gasteiger charge is 2.58. The number of ether oxygens (including phenoxy) is 2. The van der Waals surface area contributed by atoms with Crippen molar-refractivity contribution in [1.29, 1.82) is 0 Å². The Bertz CT molecular complexity index is 789. The Morgan fingerprint density at radius 3 is 2.28 bits per heavy atom. The van der Waals surface area contributed by atoms with Crippen molar-refractivity contribution >= 4 is 11.5 Å². The van der Waals surface area contributed by atoms with Crippen LogP contribution in [0.5, 0.6) is 11.5 Å². The lowest BCUT2D eigenvalue weighted by atomic mass is 9.75. The Morgan fingerprint density at radius 2 is 1.79 bits per heavy atom. The molecule has 2 rings (SSSR count). The van der Waals surface area contributed by atoms with E-state index in [0.717, 1.165) is 0 Å². The lowest BCUT2D eigenvalue weighted by molar-refractivity contribution is -0.266. The molecular formula is C20H26F3NO5. The molecule has 162 valence electrons. The Kier molecular flexibility index (Phi) is 6.85. The van der Waals surface area contributed by atoms with Crippen molar-refractivity contribution in [2.24, 2.45) is 0 Å². The molecule has 0 aromatic heterocycles. The first-order valence-electron chi connectivity index (χ1n) is 9.24. The molecule has 0 aliphatic heterocycles. The number of carbonyl (C=O) groups is 1. The van der Waals surface area contributed by atoms with E-state index < -0.39 is 36.6 Å². The number of nitrogens with zero attached hydrogens (tertiary/aromatic N) is 1. The molecule has 2 N–H and O–H groups in total. The van der Waals surface area contributed by atoms with Crippen molar-refractivity contribution < 1.29 is 37.7 Å². The summed E-state index contributed by atoms with van der Waals surface area (Å²) in [6, 6.07) is 4.40. The molecule has 0 fully saturated rings. The number of aliphatic hydroxyl groups is 2. The third-order valence-corrected chi connectivity index (χ3v) is 5.20. The zero-order valence-corrected chi connectivity index (χ0v) is 16.8. The molecule has 1 aliphatic rings. The summed E-state index contributed by atoms with van der Waals surface area (Å²) in [7, 11) is 2.79. The number of amides is 1. The molecular weight excluding hydrogens is 391 g/mol. The number of alkyl halides is 3. The van der Waals surface area contributed by atoms with Crippen LogP contribution in [0.3, 0.4) is 0 Å². The van der Waals surface area contributed by atoms with Gasteiger partial charge >= 0.3 is 6.18 Å². The Morgan fingerprint density at radius 1 is 1.21 bits per heavy atom. The molecule has 1 amide bonds. The summed E-state index contributed by atoms with van der Waals surface area (Å²) in [4.78, 5) is 14.4. The number of hydrogen-bond acceptors (Lipinski definition) is 5. The summed E-state index contributed by atoms with van der Waals surface area (Å²) >= 11 is 0. The Hall–Kier alpha value is -2.26. The molecule has 0 radical (unpaired) electrons. The molecule has 0 saturated carbocycles. The van der Waals surface area contributed by atoms with Gasteiger partial charge in [-0.1, -0.05) is 6.07 Å². The van der Waals surface area contributed by atoms with Crippen LogP contribution in [0.25, 0.3) is 5.57 Å². The van der Waals surface area contributed by atoms with Gasteiger partial charge in [0.2, 0.25) is 0 Å². The molecule has 6 nitrogen and oxygen atoms in total. The summed E-state index contributed by atoms with van der Waals surface area (Å²) in [6.07, 6.45) is -8.60. The first-order valence-corrected chi connectivity index (χ1v) is 9.24. The summed E-state index contributed by atoms with van der Waals surface area (Å²) in [5.41, 5.74) is -3.13. The average molecular weight is 417 g/mol. The monoisotopic (exact) mass is 417 g/mol. The molecule has 0 bridgehead atoms. The van der Waals surface area contributed by atoms with Gasteiger partial charge in [0, 0.05) is 31.5 Å². The number of benzene rings is 1. The predicted molar refractivity (Wildman–Crippen MR) is 101 cm³/mol. The van der Waals surface area contributed by atoms with Crippen LogP contribution in [-0.4, -0.2) is 66.2 Å². The van der Waals surface area contributed by atoms with E-state index in [9.17, 15) is 28.2 Å². The maximum Gasteiger partial charge on any atom is 0.417 e. The molecule has 0 spiro atoms. The quantitative estimate of drug-likeness (QED) is 0.744. The van der Waals surface area contributed by atoms with E-state index in [0.29, 0.717) is 18.8 Å². The first-order chi connectivity index (χ1) is 13.5. The minimum Gasteiger partial charge on any atom is -0.493 e. The van der Waals surface area contributed by atoms with Crippen molar-refractivity contribution in [2.75, 3.05) is 27.3 Å². The van der Waals surface area contributed by atoms with Crippen molar-refractivity contribution in [3.8, 4) is 11.5 Å². The normalized spacial score (nSPS) is 22.4. The van der Waals surface area contributed by atoms with E-state index in [1.807, 2.05) is 0 Å². The summed E-state index contributed by atoms with van der Waals surface area (Å²) in [5.74, 6) is 0.0511. The second kappa shape index (κ2) is 8.62. The molecule has 0 heterocycles. The van der Waals surface area contributed by atoms with Gasteiger partial charge in [0.1, 0.15) is 0 Å². The van der Waals surface area contributed by atoms with Crippen LogP contribution in [0.2, 0.25) is 0 Å². The highest BCUT2D eigenvalue weighted by atomic mass is 19.4. The lowest BCUT2D eigenvalue weighted by Gasteiger charge is -2.39. The van der Waals surface area contributed by atoms with Crippen molar-refractivity contribution in [3.63, 3.8) is 0 Å². The molecule has 9 heteroatoms. The SMILES string of the molecule is CCN(CC)C(=O)C1=C(c2ccc(OC)c(OC)c2)CC(O)(C(F)(F)F)CC1O. The highest BCUT2D eigenvalue weighted by molar-refractivity contribution is 6.03. The van der Waals surface area contributed by atoms with Crippen LogP contribution in [0, 0.1) is 0 Å². The van der Waals surface area contributed by atoms with Gasteiger partial charge in [-0.3, -0.25) is 4.79 Å². The first kappa shape index (κ1) is 23.0. The van der Waals surface area contributed by atoms with Gasteiger partial charge in [0.25, 0.3) is 5.91 Å². The summed E-state index contributed by atoms with van der Waals surface area (Å²) in [5, 5.41) is 20.8. The topological polar surface area (TPSA) is 79.2 Å². The molecule has 1 aromatic carbocycles. The number of rotatable bonds is 6. The van der Waals surface area contributed by atoms with Crippen LogP contribution >= 0.6 is 0 Å². The Balaban J connectivity index is 2.71. The minimum atomic E-state index is -4.97. The fraction of sp³-hybridized carbons (Fsp3) is 0.550. The lowest BCUT2D eigenvalue weighted by Crippen LogP contribution is -2.52. The number of aliphatic hydroxyl groups excluding tert-OH is 1. The van der Waals surface area contributed by atoms with E-state index in [1.165, 1.54) is 37.3 Å². The van der Waals surface area contributed by atoms with E-state index in [2.05, 4.69) is 0 Å². The highest BCUT2D eigenvalue weighted by Crippen LogP contribution is 2.47. The largest absolute Gasteiger partial charge is 0.493 e.